The second-order valence-corrected chi connectivity index (χ2v) is 6.27. The van der Waals surface area contributed by atoms with Gasteiger partial charge in [-0.15, -0.1) is 0 Å². The molecule has 0 saturated carbocycles. The molecule has 0 bridgehead atoms. The van der Waals surface area contributed by atoms with E-state index in [0.717, 1.165) is 12.1 Å². The van der Waals surface area contributed by atoms with Crippen LogP contribution in [0.15, 0.2) is 33.8 Å². The highest BCUT2D eigenvalue weighted by Crippen LogP contribution is 2.29. The third-order valence-electron chi connectivity index (χ3n) is 3.68. The van der Waals surface area contributed by atoms with Crippen LogP contribution in [0.5, 0.6) is 0 Å². The summed E-state index contributed by atoms with van der Waals surface area (Å²) in [6.07, 6.45) is -3.78. The number of rotatable bonds is 7. The van der Waals surface area contributed by atoms with Crippen LogP contribution in [-0.2, 0) is 19.1 Å². The molecule has 0 aliphatic heterocycles. The Bertz CT molecular complexity index is 738. The molecule has 1 aromatic heterocycles. The van der Waals surface area contributed by atoms with Crippen molar-refractivity contribution in [2.75, 3.05) is 13.1 Å². The number of aromatic nitrogens is 2. The molecule has 9 heteroatoms. The number of nitrogens with one attached hydrogen (secondary N) is 2. The van der Waals surface area contributed by atoms with E-state index in [1.54, 1.807) is 0 Å². The molecular formula is C18H24F3N5O. The van der Waals surface area contributed by atoms with Gasteiger partial charge in [-0.3, -0.25) is 0 Å². The lowest BCUT2D eigenvalue weighted by atomic mass is 10.1. The number of nitrogens with zero attached hydrogens (tertiary/aromatic N) is 3. The highest BCUT2D eigenvalue weighted by atomic mass is 19.4. The van der Waals surface area contributed by atoms with Crippen LogP contribution in [0.1, 0.15) is 49.5 Å². The fraction of sp³-hybridized carbons (Fsp3) is 0.500. The zero-order valence-corrected chi connectivity index (χ0v) is 15.6. The maximum Gasteiger partial charge on any atom is 0.416 e. The van der Waals surface area contributed by atoms with E-state index in [-0.39, 0.29) is 12.5 Å². The molecule has 1 heterocycles. The van der Waals surface area contributed by atoms with Gasteiger partial charge in [-0.1, -0.05) is 31.1 Å². The summed E-state index contributed by atoms with van der Waals surface area (Å²) in [5.41, 5.74) is 0.0271. The van der Waals surface area contributed by atoms with Gasteiger partial charge >= 0.3 is 6.18 Å². The average molecular weight is 383 g/mol. The topological polar surface area (TPSA) is 75.3 Å². The molecule has 0 amide bonds. The molecule has 0 atom stereocenters. The van der Waals surface area contributed by atoms with Crippen molar-refractivity contribution in [1.29, 1.82) is 0 Å². The molecule has 0 aliphatic rings. The van der Waals surface area contributed by atoms with Crippen LogP contribution < -0.4 is 10.6 Å². The molecule has 1 aromatic carbocycles. The summed E-state index contributed by atoms with van der Waals surface area (Å²) < 4.78 is 43.0. The first-order valence-corrected chi connectivity index (χ1v) is 8.80. The van der Waals surface area contributed by atoms with E-state index in [9.17, 15) is 13.2 Å². The Morgan fingerprint density at radius 3 is 2.44 bits per heavy atom. The predicted octanol–water partition coefficient (Wildman–Crippen LogP) is 3.51. The van der Waals surface area contributed by atoms with Crippen molar-refractivity contribution < 1.29 is 17.7 Å². The van der Waals surface area contributed by atoms with Crippen LogP contribution in [0.3, 0.4) is 0 Å². The third-order valence-corrected chi connectivity index (χ3v) is 3.68. The molecule has 27 heavy (non-hydrogen) atoms. The number of benzene rings is 1. The SMILES string of the molecule is CCNC(=NCc1ccc(C(F)(F)F)cc1)NCCc1nc(C(C)C)no1. The smallest absolute Gasteiger partial charge is 0.357 e. The fourth-order valence-corrected chi connectivity index (χ4v) is 2.20. The van der Waals surface area contributed by atoms with Crippen molar-refractivity contribution in [1.82, 2.24) is 20.8 Å². The molecule has 0 radical (unpaired) electrons. The number of hydrogen-bond donors (Lipinski definition) is 2. The average Bonchev–Trinajstić information content (AvgIpc) is 3.08. The van der Waals surface area contributed by atoms with Crippen LogP contribution in [0, 0.1) is 0 Å². The molecule has 2 N–H and O–H groups in total. The van der Waals surface area contributed by atoms with E-state index in [4.69, 9.17) is 4.52 Å². The Morgan fingerprint density at radius 1 is 1.19 bits per heavy atom. The van der Waals surface area contributed by atoms with Gasteiger partial charge in [0.2, 0.25) is 5.89 Å². The second kappa shape index (κ2) is 9.38. The maximum atomic E-state index is 12.6. The lowest BCUT2D eigenvalue weighted by molar-refractivity contribution is -0.137. The number of alkyl halides is 3. The zero-order chi connectivity index (χ0) is 19.9. The standard InChI is InChI=1S/C18H24F3N5O/c1-4-22-17(23-10-9-15-25-16(12(2)3)26-27-15)24-11-13-5-7-14(8-6-13)18(19,20)21/h5-8,12H,4,9-11H2,1-3H3,(H2,22,23,24). The fourth-order valence-electron chi connectivity index (χ4n) is 2.20. The molecule has 6 nitrogen and oxygen atoms in total. The van der Waals surface area contributed by atoms with Gasteiger partial charge in [0.05, 0.1) is 12.1 Å². The Balaban J connectivity index is 1.89. The molecule has 2 rings (SSSR count). The number of hydrogen-bond acceptors (Lipinski definition) is 4. The van der Waals surface area contributed by atoms with Gasteiger partial charge in [0, 0.05) is 25.4 Å². The summed E-state index contributed by atoms with van der Waals surface area (Å²) in [4.78, 5) is 8.69. The summed E-state index contributed by atoms with van der Waals surface area (Å²) in [6, 6.07) is 4.99. The van der Waals surface area contributed by atoms with Crippen LogP contribution in [0.2, 0.25) is 0 Å². The molecule has 0 aliphatic carbocycles. The van der Waals surface area contributed by atoms with E-state index in [1.807, 2.05) is 20.8 Å². The minimum Gasteiger partial charge on any atom is -0.357 e. The van der Waals surface area contributed by atoms with E-state index in [0.29, 0.717) is 42.7 Å². The van der Waals surface area contributed by atoms with Gasteiger partial charge < -0.3 is 15.2 Å². The molecular weight excluding hydrogens is 359 g/mol. The molecule has 148 valence electrons. The summed E-state index contributed by atoms with van der Waals surface area (Å²) in [5.74, 6) is 2.00. The summed E-state index contributed by atoms with van der Waals surface area (Å²) in [7, 11) is 0. The minimum atomic E-state index is -4.33. The first kappa shape index (κ1) is 20.7. The normalized spacial score (nSPS) is 12.5. The van der Waals surface area contributed by atoms with Crippen molar-refractivity contribution in [3.63, 3.8) is 0 Å². The van der Waals surface area contributed by atoms with Crippen molar-refractivity contribution >= 4 is 5.96 Å². The number of aliphatic imine (C=N–C) groups is 1. The first-order chi connectivity index (χ1) is 12.8. The lowest BCUT2D eigenvalue weighted by Gasteiger charge is -2.11. The Kier molecular flexibility index (Phi) is 7.20. The summed E-state index contributed by atoms with van der Waals surface area (Å²) in [5, 5.41) is 10.1. The predicted molar refractivity (Wildman–Crippen MR) is 96.4 cm³/mol. The monoisotopic (exact) mass is 383 g/mol. The van der Waals surface area contributed by atoms with Gasteiger partial charge in [0.15, 0.2) is 11.8 Å². The third kappa shape index (κ3) is 6.58. The highest BCUT2D eigenvalue weighted by Gasteiger charge is 2.29. The van der Waals surface area contributed by atoms with Crippen molar-refractivity contribution in [2.45, 2.75) is 45.8 Å². The number of halogens is 3. The van der Waals surface area contributed by atoms with Gasteiger partial charge in [-0.25, -0.2) is 4.99 Å². The second-order valence-electron chi connectivity index (χ2n) is 6.27. The van der Waals surface area contributed by atoms with Gasteiger partial charge in [-0.05, 0) is 24.6 Å². The quantitative estimate of drug-likeness (QED) is 0.565. The van der Waals surface area contributed by atoms with Gasteiger partial charge in [0.25, 0.3) is 0 Å². The van der Waals surface area contributed by atoms with E-state index >= 15 is 0 Å². The molecule has 2 aromatic rings. The van der Waals surface area contributed by atoms with Gasteiger partial charge in [-0.2, -0.15) is 18.2 Å². The molecule has 0 spiro atoms. The lowest BCUT2D eigenvalue weighted by Crippen LogP contribution is -2.38. The summed E-state index contributed by atoms with van der Waals surface area (Å²) in [6.45, 7) is 7.39. The maximum absolute atomic E-state index is 12.6. The van der Waals surface area contributed by atoms with Crippen molar-refractivity contribution in [2.24, 2.45) is 4.99 Å². The molecule has 0 fully saturated rings. The Morgan fingerprint density at radius 2 is 1.89 bits per heavy atom. The van der Waals surface area contributed by atoms with E-state index < -0.39 is 11.7 Å². The van der Waals surface area contributed by atoms with Crippen LogP contribution in [-0.4, -0.2) is 29.2 Å². The van der Waals surface area contributed by atoms with Crippen molar-refractivity contribution in [3.8, 4) is 0 Å². The number of guanidine groups is 1. The summed E-state index contributed by atoms with van der Waals surface area (Å²) >= 11 is 0. The van der Waals surface area contributed by atoms with E-state index in [1.165, 1.54) is 12.1 Å². The van der Waals surface area contributed by atoms with Crippen LogP contribution in [0.25, 0.3) is 0 Å². The molecule has 0 unspecified atom stereocenters. The Labute approximate surface area is 156 Å². The van der Waals surface area contributed by atoms with Gasteiger partial charge in [0.1, 0.15) is 0 Å². The zero-order valence-electron chi connectivity index (χ0n) is 15.6. The van der Waals surface area contributed by atoms with E-state index in [2.05, 4.69) is 25.8 Å². The Hall–Kier alpha value is -2.58. The first-order valence-electron chi connectivity index (χ1n) is 8.80. The van der Waals surface area contributed by atoms with Crippen LogP contribution in [0.4, 0.5) is 13.2 Å². The highest BCUT2D eigenvalue weighted by molar-refractivity contribution is 5.79. The van der Waals surface area contributed by atoms with Crippen LogP contribution >= 0.6 is 0 Å². The minimum absolute atomic E-state index is 0.207. The molecule has 0 saturated heterocycles. The van der Waals surface area contributed by atoms with Crippen molar-refractivity contribution in [3.05, 3.63) is 47.1 Å². The largest absolute Gasteiger partial charge is 0.416 e.